The topological polar surface area (TPSA) is 84.9 Å². The second-order valence-electron chi connectivity index (χ2n) is 3.60. The third-order valence-corrected chi connectivity index (χ3v) is 2.80. The molecule has 0 amide bonds. The first kappa shape index (κ1) is 10.8. The van der Waals surface area contributed by atoms with Crippen LogP contribution in [0.15, 0.2) is 5.16 Å². The Morgan fingerprint density at radius 3 is 2.29 bits per heavy atom. The second kappa shape index (κ2) is 4.83. The van der Waals surface area contributed by atoms with Crippen molar-refractivity contribution in [2.75, 3.05) is 7.11 Å². The van der Waals surface area contributed by atoms with E-state index >= 15 is 0 Å². The Morgan fingerprint density at radius 1 is 1.36 bits per heavy atom. The third kappa shape index (κ3) is 2.37. The van der Waals surface area contributed by atoms with E-state index in [-0.39, 0.29) is 23.6 Å². The molecule has 0 unspecified atom stereocenters. The van der Waals surface area contributed by atoms with E-state index in [1.54, 1.807) is 0 Å². The Kier molecular flexibility index (Phi) is 3.73. The number of oxime groups is 1. The number of nitrogens with two attached hydrogens (primary N) is 1. The van der Waals surface area contributed by atoms with Crippen LogP contribution in [0, 0.1) is 11.8 Å². The predicted octanol–water partition coefficient (Wildman–Crippen LogP) is 0.712. The van der Waals surface area contributed by atoms with Crippen LogP contribution < -0.4 is 5.73 Å². The van der Waals surface area contributed by atoms with Crippen molar-refractivity contribution in [3.63, 3.8) is 0 Å². The Morgan fingerprint density at radius 2 is 1.86 bits per heavy atom. The summed E-state index contributed by atoms with van der Waals surface area (Å²) in [5, 5.41) is 11.5. The van der Waals surface area contributed by atoms with Gasteiger partial charge in [0, 0.05) is 5.92 Å². The predicted molar refractivity (Wildman–Crippen MR) is 50.9 cm³/mol. The summed E-state index contributed by atoms with van der Waals surface area (Å²) < 4.78 is 4.66. The normalized spacial score (nSPS) is 28.5. The van der Waals surface area contributed by atoms with Gasteiger partial charge in [-0.25, -0.2) is 0 Å². The van der Waals surface area contributed by atoms with Gasteiger partial charge in [-0.2, -0.15) is 0 Å². The van der Waals surface area contributed by atoms with Crippen LogP contribution in [0.4, 0.5) is 0 Å². The Bertz CT molecular complexity index is 232. The molecule has 0 aliphatic heterocycles. The summed E-state index contributed by atoms with van der Waals surface area (Å²) in [7, 11) is 1.40. The number of methoxy groups -OCH3 is 1. The SMILES string of the molecule is COC(=O)C1CCC(C(N)=NO)CC1. The minimum Gasteiger partial charge on any atom is -0.469 e. The van der Waals surface area contributed by atoms with E-state index in [0.717, 1.165) is 25.7 Å². The maximum absolute atomic E-state index is 11.2. The quantitative estimate of drug-likeness (QED) is 0.226. The summed E-state index contributed by atoms with van der Waals surface area (Å²) in [5.41, 5.74) is 5.49. The molecule has 1 aliphatic carbocycles. The van der Waals surface area contributed by atoms with E-state index in [0.29, 0.717) is 0 Å². The van der Waals surface area contributed by atoms with Gasteiger partial charge in [0.25, 0.3) is 0 Å². The number of amidine groups is 1. The molecule has 0 spiro atoms. The minimum absolute atomic E-state index is 0.0113. The van der Waals surface area contributed by atoms with Gasteiger partial charge < -0.3 is 15.7 Å². The fourth-order valence-electron chi connectivity index (χ4n) is 1.87. The monoisotopic (exact) mass is 200 g/mol. The van der Waals surface area contributed by atoms with Gasteiger partial charge in [0.05, 0.1) is 13.0 Å². The number of ether oxygens (including phenoxy) is 1. The summed E-state index contributed by atoms with van der Waals surface area (Å²) in [6, 6.07) is 0. The van der Waals surface area contributed by atoms with Crippen molar-refractivity contribution in [1.82, 2.24) is 0 Å². The molecular formula is C9H16N2O3. The van der Waals surface area contributed by atoms with Crippen LogP contribution in [0.2, 0.25) is 0 Å². The lowest BCUT2D eigenvalue weighted by Crippen LogP contribution is -2.30. The molecule has 5 heteroatoms. The van der Waals surface area contributed by atoms with Crippen molar-refractivity contribution < 1.29 is 14.7 Å². The lowest BCUT2D eigenvalue weighted by Gasteiger charge is -2.25. The molecule has 0 saturated heterocycles. The van der Waals surface area contributed by atoms with Crippen molar-refractivity contribution in [3.8, 4) is 0 Å². The highest BCUT2D eigenvalue weighted by Gasteiger charge is 2.28. The van der Waals surface area contributed by atoms with Crippen LogP contribution in [0.3, 0.4) is 0 Å². The first-order chi connectivity index (χ1) is 6.69. The van der Waals surface area contributed by atoms with Gasteiger partial charge in [-0.3, -0.25) is 4.79 Å². The molecule has 1 aliphatic rings. The lowest BCUT2D eigenvalue weighted by molar-refractivity contribution is -0.146. The smallest absolute Gasteiger partial charge is 0.308 e. The number of esters is 1. The highest BCUT2D eigenvalue weighted by atomic mass is 16.5. The van der Waals surface area contributed by atoms with Crippen LogP contribution >= 0.6 is 0 Å². The van der Waals surface area contributed by atoms with Gasteiger partial charge in [0.1, 0.15) is 5.84 Å². The van der Waals surface area contributed by atoms with E-state index in [1.807, 2.05) is 0 Å². The molecule has 3 N–H and O–H groups in total. The number of carbonyl (C=O) groups excluding carboxylic acids is 1. The average molecular weight is 200 g/mol. The number of nitrogens with zero attached hydrogens (tertiary/aromatic N) is 1. The second-order valence-corrected chi connectivity index (χ2v) is 3.60. The maximum atomic E-state index is 11.2. The largest absolute Gasteiger partial charge is 0.469 e. The summed E-state index contributed by atoms with van der Waals surface area (Å²) in [6.07, 6.45) is 3.09. The van der Waals surface area contributed by atoms with Crippen LogP contribution in [-0.4, -0.2) is 24.1 Å². The molecule has 1 rings (SSSR count). The van der Waals surface area contributed by atoms with Crippen molar-refractivity contribution in [3.05, 3.63) is 0 Å². The van der Waals surface area contributed by atoms with Crippen LogP contribution in [0.1, 0.15) is 25.7 Å². The summed E-state index contributed by atoms with van der Waals surface area (Å²) in [4.78, 5) is 11.2. The van der Waals surface area contributed by atoms with Crippen LogP contribution in [0.25, 0.3) is 0 Å². The fraction of sp³-hybridized carbons (Fsp3) is 0.778. The molecule has 0 aromatic heterocycles. The standard InChI is InChI=1S/C9H16N2O3/c1-14-9(12)7-4-2-6(3-5-7)8(10)11-13/h6-7,13H,2-5H2,1H3,(H2,10,11). The number of carbonyl (C=O) groups is 1. The van der Waals surface area contributed by atoms with Crippen molar-refractivity contribution in [2.24, 2.45) is 22.7 Å². The van der Waals surface area contributed by atoms with Gasteiger partial charge >= 0.3 is 5.97 Å². The summed E-state index contributed by atoms with van der Waals surface area (Å²) in [6.45, 7) is 0. The van der Waals surface area contributed by atoms with Crippen LogP contribution in [0.5, 0.6) is 0 Å². The van der Waals surface area contributed by atoms with Crippen molar-refractivity contribution in [1.29, 1.82) is 0 Å². The maximum Gasteiger partial charge on any atom is 0.308 e. The average Bonchev–Trinajstić information content (AvgIpc) is 2.27. The lowest BCUT2D eigenvalue weighted by atomic mass is 9.81. The molecule has 1 saturated carbocycles. The third-order valence-electron chi connectivity index (χ3n) is 2.80. The Hall–Kier alpha value is -1.26. The molecule has 0 heterocycles. The Labute approximate surface area is 82.9 Å². The zero-order valence-corrected chi connectivity index (χ0v) is 8.27. The molecule has 0 atom stereocenters. The van der Waals surface area contributed by atoms with Gasteiger partial charge in [0.15, 0.2) is 0 Å². The molecule has 0 radical (unpaired) electrons. The molecule has 5 nitrogen and oxygen atoms in total. The first-order valence-electron chi connectivity index (χ1n) is 4.74. The van der Waals surface area contributed by atoms with Crippen LogP contribution in [-0.2, 0) is 9.53 Å². The van der Waals surface area contributed by atoms with Crippen molar-refractivity contribution >= 4 is 11.8 Å². The molecule has 0 aromatic rings. The van der Waals surface area contributed by atoms with E-state index in [1.165, 1.54) is 7.11 Å². The first-order valence-corrected chi connectivity index (χ1v) is 4.74. The molecular weight excluding hydrogens is 184 g/mol. The molecule has 14 heavy (non-hydrogen) atoms. The zero-order chi connectivity index (χ0) is 10.6. The number of hydrogen-bond donors (Lipinski definition) is 2. The van der Waals surface area contributed by atoms with Gasteiger partial charge in [0.2, 0.25) is 0 Å². The zero-order valence-electron chi connectivity index (χ0n) is 8.27. The molecule has 0 bridgehead atoms. The van der Waals surface area contributed by atoms with Gasteiger partial charge in [-0.15, -0.1) is 0 Å². The van der Waals surface area contributed by atoms with E-state index in [9.17, 15) is 4.79 Å². The Balaban J connectivity index is 2.42. The molecule has 80 valence electrons. The molecule has 0 aromatic carbocycles. The van der Waals surface area contributed by atoms with E-state index in [4.69, 9.17) is 10.9 Å². The van der Waals surface area contributed by atoms with Gasteiger partial charge in [-0.1, -0.05) is 5.16 Å². The number of rotatable bonds is 2. The molecule has 1 fully saturated rings. The van der Waals surface area contributed by atoms with E-state index in [2.05, 4.69) is 9.89 Å². The van der Waals surface area contributed by atoms with Gasteiger partial charge in [-0.05, 0) is 25.7 Å². The number of hydrogen-bond acceptors (Lipinski definition) is 4. The van der Waals surface area contributed by atoms with Crippen molar-refractivity contribution in [2.45, 2.75) is 25.7 Å². The minimum atomic E-state index is -0.150. The highest BCUT2D eigenvalue weighted by Crippen LogP contribution is 2.29. The summed E-state index contributed by atoms with van der Waals surface area (Å²) in [5.74, 6) is 0.222. The van der Waals surface area contributed by atoms with E-state index < -0.39 is 0 Å². The fourth-order valence-corrected chi connectivity index (χ4v) is 1.87. The highest BCUT2D eigenvalue weighted by molar-refractivity contribution is 5.82. The summed E-state index contributed by atoms with van der Waals surface area (Å²) >= 11 is 0.